The van der Waals surface area contributed by atoms with Crippen LogP contribution in [0.4, 0.5) is 5.69 Å². The second-order valence-electron chi connectivity index (χ2n) is 6.55. The topological polar surface area (TPSA) is 67.4 Å². The lowest BCUT2D eigenvalue weighted by Gasteiger charge is -2.11. The molecule has 2 aromatic rings. The first-order valence-corrected chi connectivity index (χ1v) is 9.03. The van der Waals surface area contributed by atoms with Crippen molar-refractivity contribution in [1.82, 2.24) is 5.32 Å². The van der Waals surface area contributed by atoms with Gasteiger partial charge < -0.3 is 15.4 Å². The van der Waals surface area contributed by atoms with Crippen LogP contribution in [-0.4, -0.2) is 25.0 Å². The number of rotatable bonds is 9. The summed E-state index contributed by atoms with van der Waals surface area (Å²) in [4.78, 5) is 24.7. The van der Waals surface area contributed by atoms with Crippen molar-refractivity contribution in [2.75, 3.05) is 18.5 Å². The summed E-state index contributed by atoms with van der Waals surface area (Å²) in [5, 5.41) is 5.51. The van der Waals surface area contributed by atoms with Gasteiger partial charge in [0, 0.05) is 12.1 Å². The molecular weight excluding hydrogens is 340 g/mol. The molecule has 2 rings (SSSR count). The fourth-order valence-electron chi connectivity index (χ4n) is 2.36. The van der Waals surface area contributed by atoms with E-state index < -0.39 is 0 Å². The molecular formula is C22H26N2O3. The smallest absolute Gasteiger partial charge is 0.255 e. The molecule has 0 aliphatic carbocycles. The molecule has 0 aliphatic rings. The summed E-state index contributed by atoms with van der Waals surface area (Å²) >= 11 is 0. The van der Waals surface area contributed by atoms with E-state index in [2.05, 4.69) is 31.1 Å². The van der Waals surface area contributed by atoms with Crippen LogP contribution < -0.4 is 15.4 Å². The Hall–Kier alpha value is -3.08. The summed E-state index contributed by atoms with van der Waals surface area (Å²) in [5.41, 5.74) is 1.36. The minimum Gasteiger partial charge on any atom is -0.494 e. The van der Waals surface area contributed by atoms with Gasteiger partial charge in [-0.1, -0.05) is 32.1 Å². The predicted octanol–water partition coefficient (Wildman–Crippen LogP) is 4.28. The van der Waals surface area contributed by atoms with Gasteiger partial charge >= 0.3 is 0 Å². The molecule has 0 spiro atoms. The highest BCUT2D eigenvalue weighted by Gasteiger charge is 2.13. The highest BCUT2D eigenvalue weighted by molar-refractivity contribution is 6.09. The van der Waals surface area contributed by atoms with Crippen molar-refractivity contribution in [2.45, 2.75) is 20.3 Å². The Balaban J connectivity index is 2.03. The van der Waals surface area contributed by atoms with Gasteiger partial charge in [0.05, 0.1) is 17.9 Å². The fraction of sp³-hybridized carbons (Fsp3) is 0.273. The first kappa shape index (κ1) is 20.2. The first-order chi connectivity index (χ1) is 13.0. The third-order valence-electron chi connectivity index (χ3n) is 3.91. The van der Waals surface area contributed by atoms with E-state index in [9.17, 15) is 9.59 Å². The molecule has 0 atom stereocenters. The molecule has 0 unspecified atom stereocenters. The highest BCUT2D eigenvalue weighted by Crippen LogP contribution is 2.18. The number of anilines is 1. The van der Waals surface area contributed by atoms with Crippen molar-refractivity contribution < 1.29 is 14.3 Å². The Morgan fingerprint density at radius 1 is 1.07 bits per heavy atom. The third-order valence-corrected chi connectivity index (χ3v) is 3.91. The number of para-hydroxylation sites is 1. The number of hydrogen-bond donors (Lipinski definition) is 2. The standard InChI is InChI=1S/C22H26N2O3/c1-4-14-23-22(26)19-7-5-6-8-20(19)24-21(25)17-9-11-18(12-10-17)27-15-13-16(2)3/h4-12,16H,1,13-15H2,2-3H3,(H,23,26)(H,24,25). The average Bonchev–Trinajstić information content (AvgIpc) is 2.66. The quantitative estimate of drug-likeness (QED) is 0.651. The molecule has 2 N–H and O–H groups in total. The van der Waals surface area contributed by atoms with Crippen molar-refractivity contribution in [3.8, 4) is 5.75 Å². The summed E-state index contributed by atoms with van der Waals surface area (Å²) in [6.07, 6.45) is 2.58. The molecule has 0 fully saturated rings. The summed E-state index contributed by atoms with van der Waals surface area (Å²) < 4.78 is 5.67. The van der Waals surface area contributed by atoms with Gasteiger partial charge in [-0.15, -0.1) is 6.58 Å². The largest absolute Gasteiger partial charge is 0.494 e. The number of nitrogens with one attached hydrogen (secondary N) is 2. The van der Waals surface area contributed by atoms with Gasteiger partial charge in [-0.3, -0.25) is 9.59 Å². The van der Waals surface area contributed by atoms with Crippen molar-refractivity contribution in [3.05, 3.63) is 72.3 Å². The van der Waals surface area contributed by atoms with Crippen LogP contribution in [0.15, 0.2) is 61.2 Å². The van der Waals surface area contributed by atoms with Gasteiger partial charge in [0.25, 0.3) is 11.8 Å². The van der Waals surface area contributed by atoms with E-state index >= 15 is 0 Å². The Kier molecular flexibility index (Phi) is 7.62. The Bertz CT molecular complexity index is 782. The zero-order chi connectivity index (χ0) is 19.6. The van der Waals surface area contributed by atoms with E-state index in [4.69, 9.17) is 4.74 Å². The van der Waals surface area contributed by atoms with Gasteiger partial charge in [-0.25, -0.2) is 0 Å². The monoisotopic (exact) mass is 366 g/mol. The van der Waals surface area contributed by atoms with Crippen LogP contribution in [-0.2, 0) is 0 Å². The third kappa shape index (κ3) is 6.29. The maximum Gasteiger partial charge on any atom is 0.255 e. The van der Waals surface area contributed by atoms with Gasteiger partial charge in [0.1, 0.15) is 5.75 Å². The molecule has 0 aromatic heterocycles. The number of benzene rings is 2. The number of hydrogen-bond acceptors (Lipinski definition) is 3. The van der Waals surface area contributed by atoms with Gasteiger partial charge in [0.2, 0.25) is 0 Å². The van der Waals surface area contributed by atoms with Crippen LogP contribution in [0.25, 0.3) is 0 Å². The van der Waals surface area contributed by atoms with Crippen LogP contribution in [0.2, 0.25) is 0 Å². The second kappa shape index (κ2) is 10.2. The second-order valence-corrected chi connectivity index (χ2v) is 6.55. The Labute approximate surface area is 160 Å². The molecule has 0 heterocycles. The lowest BCUT2D eigenvalue weighted by molar-refractivity contribution is 0.0959. The lowest BCUT2D eigenvalue weighted by Crippen LogP contribution is -2.25. The molecule has 0 bridgehead atoms. The summed E-state index contributed by atoms with van der Waals surface area (Å²) in [7, 11) is 0. The number of carbonyl (C=O) groups is 2. The van der Waals surface area contributed by atoms with Crippen LogP contribution in [0.3, 0.4) is 0 Å². The normalized spacial score (nSPS) is 10.3. The highest BCUT2D eigenvalue weighted by atomic mass is 16.5. The van der Waals surface area contributed by atoms with Crippen molar-refractivity contribution >= 4 is 17.5 Å². The maximum atomic E-state index is 12.5. The van der Waals surface area contributed by atoms with E-state index in [1.54, 1.807) is 54.6 Å². The van der Waals surface area contributed by atoms with Crippen LogP contribution in [0.1, 0.15) is 41.0 Å². The van der Waals surface area contributed by atoms with Gasteiger partial charge in [-0.05, 0) is 48.7 Å². The van der Waals surface area contributed by atoms with Gasteiger partial charge in [-0.2, -0.15) is 0 Å². The van der Waals surface area contributed by atoms with E-state index in [-0.39, 0.29) is 11.8 Å². The first-order valence-electron chi connectivity index (χ1n) is 9.03. The van der Waals surface area contributed by atoms with E-state index in [0.717, 1.165) is 12.2 Å². The van der Waals surface area contributed by atoms with Crippen LogP contribution in [0.5, 0.6) is 5.75 Å². The summed E-state index contributed by atoms with van der Waals surface area (Å²) in [6.45, 7) is 8.88. The molecule has 5 heteroatoms. The number of ether oxygens (including phenoxy) is 1. The maximum absolute atomic E-state index is 12.5. The Morgan fingerprint density at radius 3 is 2.44 bits per heavy atom. The van der Waals surface area contributed by atoms with Crippen molar-refractivity contribution in [3.63, 3.8) is 0 Å². The SMILES string of the molecule is C=CCNC(=O)c1ccccc1NC(=O)c1ccc(OCCC(C)C)cc1. The lowest BCUT2D eigenvalue weighted by atomic mass is 10.1. The minimum absolute atomic E-state index is 0.264. The Morgan fingerprint density at radius 2 is 1.78 bits per heavy atom. The fourth-order valence-corrected chi connectivity index (χ4v) is 2.36. The molecule has 5 nitrogen and oxygen atoms in total. The molecule has 0 saturated carbocycles. The zero-order valence-corrected chi connectivity index (χ0v) is 15.8. The van der Waals surface area contributed by atoms with Gasteiger partial charge in [0.15, 0.2) is 0 Å². The molecule has 142 valence electrons. The zero-order valence-electron chi connectivity index (χ0n) is 15.8. The molecule has 2 amide bonds. The minimum atomic E-state index is -0.285. The average molecular weight is 366 g/mol. The van der Waals surface area contributed by atoms with E-state index in [1.165, 1.54) is 0 Å². The van der Waals surface area contributed by atoms with Crippen LogP contribution >= 0.6 is 0 Å². The molecule has 0 saturated heterocycles. The molecule has 27 heavy (non-hydrogen) atoms. The molecule has 0 radical (unpaired) electrons. The van der Waals surface area contributed by atoms with E-state index in [0.29, 0.717) is 35.9 Å². The predicted molar refractivity (Wildman–Crippen MR) is 108 cm³/mol. The molecule has 2 aromatic carbocycles. The number of carbonyl (C=O) groups excluding carboxylic acids is 2. The van der Waals surface area contributed by atoms with Crippen molar-refractivity contribution in [1.29, 1.82) is 0 Å². The number of amides is 2. The molecule has 0 aliphatic heterocycles. The summed E-state index contributed by atoms with van der Waals surface area (Å²) in [5.74, 6) is 0.766. The van der Waals surface area contributed by atoms with Crippen LogP contribution in [0, 0.1) is 5.92 Å². The van der Waals surface area contributed by atoms with E-state index in [1.807, 2.05) is 0 Å². The van der Waals surface area contributed by atoms with Crippen molar-refractivity contribution in [2.24, 2.45) is 5.92 Å². The summed E-state index contributed by atoms with van der Waals surface area (Å²) in [6, 6.07) is 13.9.